The monoisotopic (exact) mass is 247 g/mol. The van der Waals surface area contributed by atoms with Crippen molar-refractivity contribution in [1.82, 2.24) is 5.32 Å². The van der Waals surface area contributed by atoms with E-state index in [4.69, 9.17) is 0 Å². The highest BCUT2D eigenvalue weighted by molar-refractivity contribution is 5.85. The highest BCUT2D eigenvalue weighted by Gasteiger charge is 2.14. The van der Waals surface area contributed by atoms with E-state index in [-0.39, 0.29) is 24.8 Å². The Morgan fingerprint density at radius 2 is 1.80 bits per heavy atom. The first-order valence-electron chi connectivity index (χ1n) is 5.13. The van der Waals surface area contributed by atoms with Crippen LogP contribution in [0.1, 0.15) is 29.9 Å². The smallest absolute Gasteiger partial charge is 0.00431 e. The van der Waals surface area contributed by atoms with E-state index in [1.54, 1.807) is 0 Å². The van der Waals surface area contributed by atoms with E-state index in [1.165, 1.54) is 37.1 Å². The van der Waals surface area contributed by atoms with Gasteiger partial charge in [-0.15, -0.1) is 24.8 Å². The van der Waals surface area contributed by atoms with Crippen molar-refractivity contribution in [1.29, 1.82) is 0 Å². The molecule has 0 unspecified atom stereocenters. The molecule has 0 saturated carbocycles. The van der Waals surface area contributed by atoms with E-state index in [9.17, 15) is 0 Å². The van der Waals surface area contributed by atoms with Crippen molar-refractivity contribution >= 4 is 24.8 Å². The molecule has 1 heterocycles. The zero-order valence-electron chi connectivity index (χ0n) is 9.03. The summed E-state index contributed by atoms with van der Waals surface area (Å²) in [7, 11) is 0. The molecule has 15 heavy (non-hydrogen) atoms. The average molecular weight is 248 g/mol. The van der Waals surface area contributed by atoms with Crippen LogP contribution in [-0.4, -0.2) is 13.1 Å². The Hall–Kier alpha value is -0.240. The molecular weight excluding hydrogens is 229 g/mol. The summed E-state index contributed by atoms with van der Waals surface area (Å²) in [5, 5.41) is 3.40. The van der Waals surface area contributed by atoms with Crippen molar-refractivity contribution in [2.75, 3.05) is 13.1 Å². The Morgan fingerprint density at radius 1 is 1.13 bits per heavy atom. The predicted molar refractivity (Wildman–Crippen MR) is 70.5 cm³/mol. The molecule has 1 aromatic carbocycles. The molecule has 1 aliphatic rings. The molecular formula is C12H19Cl2N. The molecule has 1 N–H and O–H groups in total. The summed E-state index contributed by atoms with van der Waals surface area (Å²) in [5.74, 6) is 0.793. The third-order valence-electron chi connectivity index (χ3n) is 2.85. The molecule has 0 spiro atoms. The lowest BCUT2D eigenvalue weighted by Crippen LogP contribution is -2.26. The van der Waals surface area contributed by atoms with E-state index in [0.29, 0.717) is 0 Å². The second kappa shape index (κ2) is 7.10. The van der Waals surface area contributed by atoms with Crippen LogP contribution in [0.25, 0.3) is 0 Å². The number of halogens is 2. The van der Waals surface area contributed by atoms with Crippen LogP contribution < -0.4 is 5.32 Å². The van der Waals surface area contributed by atoms with Gasteiger partial charge in [0.2, 0.25) is 0 Å². The minimum Gasteiger partial charge on any atom is -0.317 e. The summed E-state index contributed by atoms with van der Waals surface area (Å²) in [6, 6.07) is 8.94. The highest BCUT2D eigenvalue weighted by atomic mass is 35.5. The Morgan fingerprint density at radius 3 is 2.40 bits per heavy atom. The van der Waals surface area contributed by atoms with Gasteiger partial charge in [0, 0.05) is 0 Å². The number of aryl methyl sites for hydroxylation is 1. The normalized spacial score (nSPS) is 16.3. The van der Waals surface area contributed by atoms with Gasteiger partial charge in [-0.1, -0.05) is 29.8 Å². The van der Waals surface area contributed by atoms with Crippen LogP contribution in [0.5, 0.6) is 0 Å². The predicted octanol–water partition coefficient (Wildman–Crippen LogP) is 3.31. The van der Waals surface area contributed by atoms with Crippen molar-refractivity contribution in [3.63, 3.8) is 0 Å². The third-order valence-corrected chi connectivity index (χ3v) is 2.85. The zero-order valence-corrected chi connectivity index (χ0v) is 10.7. The second-order valence-corrected chi connectivity index (χ2v) is 3.94. The fraction of sp³-hybridized carbons (Fsp3) is 0.500. The highest BCUT2D eigenvalue weighted by Crippen LogP contribution is 2.25. The Bertz CT molecular complexity index is 283. The Kier molecular flexibility index (Phi) is 6.99. The minimum absolute atomic E-state index is 0. The van der Waals surface area contributed by atoms with Gasteiger partial charge in [-0.2, -0.15) is 0 Å². The van der Waals surface area contributed by atoms with Crippen molar-refractivity contribution in [2.24, 2.45) is 0 Å². The minimum atomic E-state index is 0. The van der Waals surface area contributed by atoms with E-state index in [2.05, 4.69) is 36.5 Å². The Balaban J connectivity index is 0.000000980. The molecule has 0 aromatic heterocycles. The molecule has 0 radical (unpaired) electrons. The Labute approximate surface area is 104 Å². The quantitative estimate of drug-likeness (QED) is 0.804. The lowest BCUT2D eigenvalue weighted by Gasteiger charge is -2.23. The number of nitrogens with one attached hydrogen (secondary N) is 1. The summed E-state index contributed by atoms with van der Waals surface area (Å²) >= 11 is 0. The summed E-state index contributed by atoms with van der Waals surface area (Å²) < 4.78 is 0. The molecule has 0 aliphatic carbocycles. The summed E-state index contributed by atoms with van der Waals surface area (Å²) in [4.78, 5) is 0. The number of benzene rings is 1. The van der Waals surface area contributed by atoms with Crippen LogP contribution in [0.3, 0.4) is 0 Å². The maximum Gasteiger partial charge on any atom is -0.00431 e. The maximum absolute atomic E-state index is 3.40. The molecule has 1 aromatic rings. The molecule has 0 amide bonds. The van der Waals surface area contributed by atoms with E-state index in [0.717, 1.165) is 5.92 Å². The molecule has 1 nitrogen and oxygen atoms in total. The van der Waals surface area contributed by atoms with Crippen LogP contribution >= 0.6 is 24.8 Å². The zero-order chi connectivity index (χ0) is 9.10. The van der Waals surface area contributed by atoms with Crippen LogP contribution in [0, 0.1) is 6.92 Å². The van der Waals surface area contributed by atoms with E-state index < -0.39 is 0 Å². The number of rotatable bonds is 1. The summed E-state index contributed by atoms with van der Waals surface area (Å²) in [6.45, 7) is 4.53. The number of hydrogen-bond acceptors (Lipinski definition) is 1. The van der Waals surface area contributed by atoms with Gasteiger partial charge in [-0.3, -0.25) is 0 Å². The van der Waals surface area contributed by atoms with Gasteiger partial charge < -0.3 is 5.32 Å². The first kappa shape index (κ1) is 14.8. The standard InChI is InChI=1S/C12H17N.2ClH/c1-10-3-2-4-12(9-10)11-5-7-13-8-6-11;;/h2-4,9,11,13H,5-8H2,1H3;2*1H. The summed E-state index contributed by atoms with van der Waals surface area (Å²) in [6.07, 6.45) is 2.59. The fourth-order valence-corrected chi connectivity index (χ4v) is 2.08. The molecule has 0 bridgehead atoms. The van der Waals surface area contributed by atoms with Gasteiger partial charge in [0.15, 0.2) is 0 Å². The SMILES string of the molecule is Cc1cccc(C2CCNCC2)c1.Cl.Cl. The lowest BCUT2D eigenvalue weighted by atomic mass is 9.89. The van der Waals surface area contributed by atoms with Crippen molar-refractivity contribution < 1.29 is 0 Å². The van der Waals surface area contributed by atoms with Crippen molar-refractivity contribution in [2.45, 2.75) is 25.7 Å². The first-order chi connectivity index (χ1) is 6.36. The average Bonchev–Trinajstić information content (AvgIpc) is 2.19. The van der Waals surface area contributed by atoms with Gasteiger partial charge >= 0.3 is 0 Å². The topological polar surface area (TPSA) is 12.0 Å². The second-order valence-electron chi connectivity index (χ2n) is 3.94. The van der Waals surface area contributed by atoms with Crippen LogP contribution in [0.2, 0.25) is 0 Å². The molecule has 86 valence electrons. The van der Waals surface area contributed by atoms with Gasteiger partial charge in [0.1, 0.15) is 0 Å². The lowest BCUT2D eigenvalue weighted by molar-refractivity contribution is 0.460. The molecule has 3 heteroatoms. The van der Waals surface area contributed by atoms with Crippen LogP contribution in [0.15, 0.2) is 24.3 Å². The number of piperidine rings is 1. The largest absolute Gasteiger partial charge is 0.317 e. The van der Waals surface area contributed by atoms with Crippen molar-refractivity contribution in [3.05, 3.63) is 35.4 Å². The molecule has 2 rings (SSSR count). The van der Waals surface area contributed by atoms with Gasteiger partial charge in [-0.25, -0.2) is 0 Å². The fourth-order valence-electron chi connectivity index (χ4n) is 2.08. The molecule has 1 aliphatic heterocycles. The first-order valence-corrected chi connectivity index (χ1v) is 5.13. The summed E-state index contributed by atoms with van der Waals surface area (Å²) in [5.41, 5.74) is 2.91. The van der Waals surface area contributed by atoms with Gasteiger partial charge in [0.05, 0.1) is 0 Å². The van der Waals surface area contributed by atoms with E-state index >= 15 is 0 Å². The maximum atomic E-state index is 3.40. The van der Waals surface area contributed by atoms with Crippen molar-refractivity contribution in [3.8, 4) is 0 Å². The molecule has 0 atom stereocenters. The van der Waals surface area contributed by atoms with Gasteiger partial charge in [-0.05, 0) is 44.3 Å². The number of hydrogen-bond donors (Lipinski definition) is 1. The van der Waals surface area contributed by atoms with Crippen LogP contribution in [-0.2, 0) is 0 Å². The van der Waals surface area contributed by atoms with Gasteiger partial charge in [0.25, 0.3) is 0 Å². The van der Waals surface area contributed by atoms with Crippen LogP contribution in [0.4, 0.5) is 0 Å². The van der Waals surface area contributed by atoms with E-state index in [1.807, 2.05) is 0 Å². The molecule has 1 fully saturated rings. The molecule has 1 saturated heterocycles. The third kappa shape index (κ3) is 4.02.